The van der Waals surface area contributed by atoms with E-state index in [1.54, 1.807) is 18.2 Å². The number of carbonyl (C=O) groups excluding carboxylic acids is 2. The Hall–Kier alpha value is -3.88. The molecule has 2 aromatic carbocycles. The number of ether oxygens (including phenoxy) is 2. The minimum absolute atomic E-state index is 0.0679. The molecule has 0 aliphatic carbocycles. The van der Waals surface area contributed by atoms with Crippen LogP contribution in [0.4, 0.5) is 5.69 Å². The molecule has 0 bridgehead atoms. The Bertz CT molecular complexity index is 1170. The van der Waals surface area contributed by atoms with E-state index in [4.69, 9.17) is 9.47 Å². The molecule has 0 N–H and O–H groups in total. The highest BCUT2D eigenvalue weighted by Crippen LogP contribution is 2.37. The Morgan fingerprint density at radius 3 is 2.39 bits per heavy atom. The smallest absolute Gasteiger partial charge is 0.278 e. The average Bonchev–Trinajstić information content (AvgIpc) is 3.37. The molecule has 2 aromatic rings. The summed E-state index contributed by atoms with van der Waals surface area (Å²) < 4.78 is 10.8. The highest BCUT2D eigenvalue weighted by molar-refractivity contribution is 6.35. The molecule has 3 heterocycles. The standard InChI is InChI=1S/C24H23N3O6/c1-15-8-10-25(11-9-15)22-21(17-3-5-18(6-4-17)27(30)31)23(28)26(24(22)29)13-16-2-7-19-20(12-16)33-14-32-19/h2-7,12,15H,8-11,13-14H2,1H3. The lowest BCUT2D eigenvalue weighted by Crippen LogP contribution is -2.38. The number of fused-ring (bicyclic) bond motifs is 1. The van der Waals surface area contributed by atoms with Gasteiger partial charge in [-0.15, -0.1) is 0 Å². The van der Waals surface area contributed by atoms with E-state index in [0.717, 1.165) is 18.4 Å². The number of hydrogen-bond acceptors (Lipinski definition) is 7. The first kappa shape index (κ1) is 21.0. The fourth-order valence-electron chi connectivity index (χ4n) is 4.46. The van der Waals surface area contributed by atoms with Crippen molar-refractivity contribution in [2.24, 2.45) is 5.92 Å². The second kappa shape index (κ2) is 8.23. The topological polar surface area (TPSA) is 102 Å². The highest BCUT2D eigenvalue weighted by atomic mass is 16.7. The molecule has 2 amide bonds. The van der Waals surface area contributed by atoms with E-state index in [9.17, 15) is 19.7 Å². The van der Waals surface area contributed by atoms with Crippen molar-refractivity contribution in [2.75, 3.05) is 19.9 Å². The normalized spacial score (nSPS) is 18.5. The first-order valence-corrected chi connectivity index (χ1v) is 10.9. The third-order valence-corrected chi connectivity index (χ3v) is 6.39. The lowest BCUT2D eigenvalue weighted by molar-refractivity contribution is -0.384. The van der Waals surface area contributed by atoms with Gasteiger partial charge >= 0.3 is 0 Å². The first-order valence-electron chi connectivity index (χ1n) is 10.9. The second-order valence-electron chi connectivity index (χ2n) is 8.58. The molecule has 9 nitrogen and oxygen atoms in total. The zero-order chi connectivity index (χ0) is 23.1. The number of likely N-dealkylation sites (tertiary alicyclic amines) is 1. The van der Waals surface area contributed by atoms with Crippen LogP contribution in [-0.2, 0) is 16.1 Å². The van der Waals surface area contributed by atoms with Crippen LogP contribution in [0.25, 0.3) is 5.57 Å². The van der Waals surface area contributed by atoms with Crippen LogP contribution >= 0.6 is 0 Å². The van der Waals surface area contributed by atoms with Crippen LogP contribution in [0.5, 0.6) is 11.5 Å². The van der Waals surface area contributed by atoms with Crippen molar-refractivity contribution in [3.05, 3.63) is 69.4 Å². The van der Waals surface area contributed by atoms with Gasteiger partial charge in [0.25, 0.3) is 17.5 Å². The quantitative estimate of drug-likeness (QED) is 0.392. The van der Waals surface area contributed by atoms with Gasteiger partial charge in [-0.1, -0.05) is 13.0 Å². The summed E-state index contributed by atoms with van der Waals surface area (Å²) in [5.74, 6) is 1.02. The number of nitro groups is 1. The molecule has 3 aliphatic rings. The van der Waals surface area contributed by atoms with E-state index in [2.05, 4.69) is 6.92 Å². The van der Waals surface area contributed by atoms with Gasteiger partial charge in [0.15, 0.2) is 11.5 Å². The van der Waals surface area contributed by atoms with E-state index in [-0.39, 0.29) is 24.9 Å². The molecule has 1 fully saturated rings. The Morgan fingerprint density at radius 2 is 1.70 bits per heavy atom. The number of non-ortho nitro benzene ring substituents is 1. The maximum atomic E-state index is 13.5. The number of carbonyl (C=O) groups is 2. The van der Waals surface area contributed by atoms with Crippen LogP contribution < -0.4 is 9.47 Å². The molecule has 1 saturated heterocycles. The van der Waals surface area contributed by atoms with Crippen LogP contribution in [0.3, 0.4) is 0 Å². The number of imide groups is 1. The molecule has 0 saturated carbocycles. The zero-order valence-corrected chi connectivity index (χ0v) is 18.2. The Morgan fingerprint density at radius 1 is 1.00 bits per heavy atom. The minimum atomic E-state index is -0.487. The average molecular weight is 449 g/mol. The van der Waals surface area contributed by atoms with Crippen LogP contribution in [0, 0.1) is 16.0 Å². The van der Waals surface area contributed by atoms with Crippen molar-refractivity contribution >= 4 is 23.1 Å². The van der Waals surface area contributed by atoms with Gasteiger partial charge in [-0.3, -0.25) is 24.6 Å². The monoisotopic (exact) mass is 449 g/mol. The van der Waals surface area contributed by atoms with Crippen molar-refractivity contribution in [1.82, 2.24) is 9.80 Å². The molecule has 3 aliphatic heterocycles. The summed E-state index contributed by atoms with van der Waals surface area (Å²) in [5.41, 5.74) is 1.85. The van der Waals surface area contributed by atoms with Crippen molar-refractivity contribution in [3.8, 4) is 11.5 Å². The van der Waals surface area contributed by atoms with Gasteiger partial charge in [0.2, 0.25) is 6.79 Å². The maximum Gasteiger partial charge on any atom is 0.278 e. The van der Waals surface area contributed by atoms with Crippen molar-refractivity contribution in [3.63, 3.8) is 0 Å². The first-order chi connectivity index (χ1) is 15.9. The highest BCUT2D eigenvalue weighted by Gasteiger charge is 2.42. The van der Waals surface area contributed by atoms with Crippen molar-refractivity contribution in [2.45, 2.75) is 26.3 Å². The van der Waals surface area contributed by atoms with Crippen molar-refractivity contribution in [1.29, 1.82) is 0 Å². The maximum absolute atomic E-state index is 13.5. The van der Waals surface area contributed by atoms with E-state index < -0.39 is 10.8 Å². The third-order valence-electron chi connectivity index (χ3n) is 6.39. The predicted octanol–water partition coefficient (Wildman–Crippen LogP) is 3.34. The van der Waals surface area contributed by atoms with Crippen LogP contribution in [0.1, 0.15) is 30.9 Å². The number of hydrogen-bond donors (Lipinski definition) is 0. The van der Waals surface area contributed by atoms with Gasteiger partial charge in [0, 0.05) is 25.2 Å². The molecule has 0 atom stereocenters. The summed E-state index contributed by atoms with van der Waals surface area (Å²) in [6.07, 6.45) is 1.86. The predicted molar refractivity (Wildman–Crippen MR) is 118 cm³/mol. The van der Waals surface area contributed by atoms with Gasteiger partial charge < -0.3 is 14.4 Å². The van der Waals surface area contributed by atoms with Gasteiger partial charge in [0.1, 0.15) is 5.70 Å². The molecular formula is C24H23N3O6. The second-order valence-corrected chi connectivity index (χ2v) is 8.58. The zero-order valence-electron chi connectivity index (χ0n) is 18.2. The number of rotatable bonds is 5. The fraction of sp³-hybridized carbons (Fsp3) is 0.333. The van der Waals surface area contributed by atoms with Crippen LogP contribution in [0.15, 0.2) is 48.2 Å². The number of amides is 2. The molecule has 0 unspecified atom stereocenters. The summed E-state index contributed by atoms with van der Waals surface area (Å²) in [7, 11) is 0. The largest absolute Gasteiger partial charge is 0.454 e. The SMILES string of the molecule is CC1CCN(C2=C(c3ccc([N+](=O)[O-])cc3)C(=O)N(Cc3ccc4c(c3)OCO4)C2=O)CC1. The Labute approximate surface area is 190 Å². The Balaban J connectivity index is 1.50. The molecule has 0 radical (unpaired) electrons. The molecule has 5 rings (SSSR count). The van der Waals surface area contributed by atoms with E-state index in [1.165, 1.54) is 29.2 Å². The number of piperidine rings is 1. The van der Waals surface area contributed by atoms with Gasteiger partial charge in [-0.05, 0) is 54.2 Å². The van der Waals surface area contributed by atoms with Crippen LogP contribution in [0.2, 0.25) is 0 Å². The molecule has 9 heteroatoms. The number of nitrogens with zero attached hydrogens (tertiary/aromatic N) is 3. The van der Waals surface area contributed by atoms with E-state index in [0.29, 0.717) is 47.3 Å². The van der Waals surface area contributed by atoms with Crippen molar-refractivity contribution < 1.29 is 24.0 Å². The van der Waals surface area contributed by atoms with Gasteiger partial charge in [0.05, 0.1) is 17.0 Å². The van der Waals surface area contributed by atoms with Gasteiger partial charge in [-0.2, -0.15) is 0 Å². The summed E-state index contributed by atoms with van der Waals surface area (Å²) in [6, 6.07) is 11.1. The lowest BCUT2D eigenvalue weighted by atomic mass is 9.97. The minimum Gasteiger partial charge on any atom is -0.454 e. The summed E-state index contributed by atoms with van der Waals surface area (Å²) in [5, 5.41) is 11.1. The Kier molecular flexibility index (Phi) is 5.24. The van der Waals surface area contributed by atoms with E-state index in [1.807, 2.05) is 4.90 Å². The number of nitro benzene ring substituents is 1. The molecule has 170 valence electrons. The summed E-state index contributed by atoms with van der Waals surface area (Å²) >= 11 is 0. The lowest BCUT2D eigenvalue weighted by Gasteiger charge is -2.32. The van der Waals surface area contributed by atoms with Gasteiger partial charge in [-0.25, -0.2) is 0 Å². The molecule has 33 heavy (non-hydrogen) atoms. The van der Waals surface area contributed by atoms with Crippen LogP contribution in [-0.4, -0.2) is 46.4 Å². The molecule has 0 aromatic heterocycles. The number of benzene rings is 2. The molecular weight excluding hydrogens is 426 g/mol. The fourth-order valence-corrected chi connectivity index (χ4v) is 4.46. The third kappa shape index (κ3) is 3.79. The molecule has 0 spiro atoms. The van der Waals surface area contributed by atoms with E-state index >= 15 is 0 Å². The summed E-state index contributed by atoms with van der Waals surface area (Å²) in [6.45, 7) is 3.78. The summed E-state index contributed by atoms with van der Waals surface area (Å²) in [4.78, 5) is 40.9.